The van der Waals surface area contributed by atoms with Crippen LogP contribution in [0.3, 0.4) is 0 Å². The fourth-order valence-corrected chi connectivity index (χ4v) is 0.825. The molecule has 0 aliphatic heterocycles. The highest BCUT2D eigenvalue weighted by Gasteiger charge is 1.96. The lowest BCUT2D eigenvalue weighted by atomic mass is 10.2. The number of hydrogen-bond donors (Lipinski definition) is 1. The third-order valence-electron chi connectivity index (χ3n) is 1.41. The summed E-state index contributed by atoms with van der Waals surface area (Å²) < 4.78 is 5.04. The molecule has 0 rings (SSSR count). The Morgan fingerprint density at radius 2 is 2.33 bits per heavy atom. The van der Waals surface area contributed by atoms with E-state index in [2.05, 4.69) is 13.5 Å². The van der Waals surface area contributed by atoms with Gasteiger partial charge in [-0.1, -0.05) is 19.9 Å². The first-order valence-corrected chi connectivity index (χ1v) is 4.38. The van der Waals surface area contributed by atoms with Gasteiger partial charge in [0.25, 0.3) is 0 Å². The van der Waals surface area contributed by atoms with Crippen LogP contribution >= 0.6 is 0 Å². The van der Waals surface area contributed by atoms with E-state index in [4.69, 9.17) is 9.84 Å². The van der Waals surface area contributed by atoms with E-state index in [-0.39, 0.29) is 0 Å². The molecule has 1 atom stereocenters. The number of rotatable bonds is 6. The molecule has 70 valence electrons. The number of ether oxygens (including phenoxy) is 1. The maximum absolute atomic E-state index is 8.90. The Bertz CT molecular complexity index is 148. The van der Waals surface area contributed by atoms with Crippen LogP contribution < -0.4 is 0 Å². The van der Waals surface area contributed by atoms with Crippen LogP contribution in [0.15, 0.2) is 24.5 Å². The third kappa shape index (κ3) is 5.98. The second-order valence-electron chi connectivity index (χ2n) is 2.67. The third-order valence-corrected chi connectivity index (χ3v) is 1.41. The van der Waals surface area contributed by atoms with E-state index in [9.17, 15) is 0 Å². The average molecular weight is 170 g/mol. The van der Waals surface area contributed by atoms with Crippen molar-refractivity contribution in [2.24, 2.45) is 0 Å². The van der Waals surface area contributed by atoms with Crippen LogP contribution in [0.2, 0.25) is 0 Å². The molecule has 0 saturated heterocycles. The number of allylic oxidation sites excluding steroid dienone is 2. The van der Waals surface area contributed by atoms with Gasteiger partial charge in [0.2, 0.25) is 0 Å². The molecule has 0 spiro atoms. The number of hydrogen-bond acceptors (Lipinski definition) is 2. The lowest BCUT2D eigenvalue weighted by molar-refractivity contribution is -0.0452. The molecular weight excluding hydrogens is 152 g/mol. The van der Waals surface area contributed by atoms with Gasteiger partial charge in [-0.25, -0.2) is 0 Å². The van der Waals surface area contributed by atoms with Crippen LogP contribution in [0.25, 0.3) is 0 Å². The molecule has 0 bridgehead atoms. The average Bonchev–Trinajstić information content (AvgIpc) is 2.02. The highest BCUT2D eigenvalue weighted by atomic mass is 16.6. The highest BCUT2D eigenvalue weighted by molar-refractivity contribution is 5.08. The van der Waals surface area contributed by atoms with Crippen molar-refractivity contribution in [3.8, 4) is 0 Å². The van der Waals surface area contributed by atoms with Crippen molar-refractivity contribution in [2.75, 3.05) is 0 Å². The van der Waals surface area contributed by atoms with Crippen molar-refractivity contribution in [3.05, 3.63) is 24.5 Å². The van der Waals surface area contributed by atoms with E-state index in [1.165, 1.54) is 0 Å². The molecule has 0 heterocycles. The van der Waals surface area contributed by atoms with E-state index in [0.29, 0.717) is 5.76 Å². The Morgan fingerprint density at radius 1 is 1.67 bits per heavy atom. The van der Waals surface area contributed by atoms with Gasteiger partial charge in [-0.2, -0.15) is 0 Å². The van der Waals surface area contributed by atoms with Gasteiger partial charge in [0.15, 0.2) is 6.29 Å². The predicted molar refractivity (Wildman–Crippen MR) is 50.6 cm³/mol. The minimum absolute atomic E-state index is 0.665. The van der Waals surface area contributed by atoms with Crippen molar-refractivity contribution < 1.29 is 9.84 Å². The minimum Gasteiger partial charge on any atom is -0.466 e. The molecule has 0 aromatic rings. The van der Waals surface area contributed by atoms with Crippen LogP contribution in [0.1, 0.15) is 33.1 Å². The van der Waals surface area contributed by atoms with Crippen molar-refractivity contribution in [1.82, 2.24) is 0 Å². The molecule has 0 aromatic carbocycles. The monoisotopic (exact) mass is 170 g/mol. The first-order valence-electron chi connectivity index (χ1n) is 4.38. The largest absolute Gasteiger partial charge is 0.466 e. The Kier molecular flexibility index (Phi) is 6.48. The smallest absolute Gasteiger partial charge is 0.194 e. The summed E-state index contributed by atoms with van der Waals surface area (Å²) in [4.78, 5) is 0. The van der Waals surface area contributed by atoms with Gasteiger partial charge in [0, 0.05) is 0 Å². The van der Waals surface area contributed by atoms with Crippen LogP contribution in [-0.2, 0) is 4.74 Å². The van der Waals surface area contributed by atoms with Crippen molar-refractivity contribution in [3.63, 3.8) is 0 Å². The zero-order valence-electron chi connectivity index (χ0n) is 7.92. The van der Waals surface area contributed by atoms with Crippen molar-refractivity contribution in [2.45, 2.75) is 39.4 Å². The second kappa shape index (κ2) is 6.92. The van der Waals surface area contributed by atoms with E-state index < -0.39 is 6.29 Å². The Hall–Kier alpha value is -0.760. The van der Waals surface area contributed by atoms with E-state index in [1.54, 1.807) is 13.0 Å². The summed E-state index contributed by atoms with van der Waals surface area (Å²) in [5.74, 6) is 0.665. The fraction of sp³-hybridized carbons (Fsp3) is 0.600. The molecule has 1 N–H and O–H groups in total. The molecule has 2 heteroatoms. The molecular formula is C10H18O2. The van der Waals surface area contributed by atoms with Crippen LogP contribution in [-0.4, -0.2) is 11.4 Å². The SMILES string of the molecule is C=C/C(=C/CCCC)OC(C)O. The number of aliphatic hydroxyl groups excluding tert-OH is 1. The van der Waals surface area contributed by atoms with Gasteiger partial charge < -0.3 is 9.84 Å². The molecule has 0 aromatic heterocycles. The highest BCUT2D eigenvalue weighted by Crippen LogP contribution is 2.05. The number of unbranched alkanes of at least 4 members (excludes halogenated alkanes) is 2. The van der Waals surface area contributed by atoms with E-state index in [0.717, 1.165) is 19.3 Å². The Morgan fingerprint density at radius 3 is 2.75 bits per heavy atom. The summed E-state index contributed by atoms with van der Waals surface area (Å²) in [5.41, 5.74) is 0. The quantitative estimate of drug-likeness (QED) is 0.287. The summed E-state index contributed by atoms with van der Waals surface area (Å²) in [7, 11) is 0. The molecule has 2 nitrogen and oxygen atoms in total. The first kappa shape index (κ1) is 11.2. The van der Waals surface area contributed by atoms with E-state index >= 15 is 0 Å². The summed E-state index contributed by atoms with van der Waals surface area (Å²) >= 11 is 0. The fourth-order valence-electron chi connectivity index (χ4n) is 0.825. The van der Waals surface area contributed by atoms with Gasteiger partial charge in [0.1, 0.15) is 5.76 Å². The molecule has 0 aliphatic carbocycles. The maximum Gasteiger partial charge on any atom is 0.194 e. The standard InChI is InChI=1S/C10H18O2/c1-4-6-7-8-10(5-2)12-9(3)11/h5,8-9,11H,2,4,6-7H2,1,3H3/b10-8-. The van der Waals surface area contributed by atoms with Crippen LogP contribution in [0.4, 0.5) is 0 Å². The topological polar surface area (TPSA) is 29.5 Å². The zero-order chi connectivity index (χ0) is 9.40. The Balaban J connectivity index is 3.78. The molecule has 1 unspecified atom stereocenters. The van der Waals surface area contributed by atoms with Gasteiger partial charge in [-0.15, -0.1) is 0 Å². The van der Waals surface area contributed by atoms with Crippen LogP contribution in [0.5, 0.6) is 0 Å². The summed E-state index contributed by atoms with van der Waals surface area (Å²) in [5, 5.41) is 8.90. The van der Waals surface area contributed by atoms with E-state index in [1.807, 2.05) is 6.08 Å². The summed E-state index contributed by atoms with van der Waals surface area (Å²) in [6.07, 6.45) is 6.09. The summed E-state index contributed by atoms with van der Waals surface area (Å²) in [6.45, 7) is 7.30. The van der Waals surface area contributed by atoms with Gasteiger partial charge in [-0.05, 0) is 31.9 Å². The van der Waals surface area contributed by atoms with Gasteiger partial charge >= 0.3 is 0 Å². The molecule has 0 saturated carbocycles. The minimum atomic E-state index is -0.754. The van der Waals surface area contributed by atoms with Gasteiger partial charge in [-0.3, -0.25) is 0 Å². The lowest BCUT2D eigenvalue weighted by Gasteiger charge is -2.08. The van der Waals surface area contributed by atoms with Crippen LogP contribution in [0, 0.1) is 0 Å². The van der Waals surface area contributed by atoms with Crippen molar-refractivity contribution in [1.29, 1.82) is 0 Å². The molecule has 0 fully saturated rings. The molecule has 12 heavy (non-hydrogen) atoms. The normalized spacial score (nSPS) is 14.1. The summed E-state index contributed by atoms with van der Waals surface area (Å²) in [6, 6.07) is 0. The maximum atomic E-state index is 8.90. The first-order chi connectivity index (χ1) is 5.70. The predicted octanol–water partition coefficient (Wildman–Crippen LogP) is 2.60. The number of aliphatic hydroxyl groups is 1. The molecule has 0 aliphatic rings. The zero-order valence-corrected chi connectivity index (χ0v) is 7.92. The van der Waals surface area contributed by atoms with Crippen molar-refractivity contribution >= 4 is 0 Å². The van der Waals surface area contributed by atoms with Gasteiger partial charge in [0.05, 0.1) is 0 Å². The molecule has 0 radical (unpaired) electrons. The molecule has 0 amide bonds. The lowest BCUT2D eigenvalue weighted by Crippen LogP contribution is -2.04. The second-order valence-corrected chi connectivity index (χ2v) is 2.67. The Labute approximate surface area is 74.6 Å².